The van der Waals surface area contributed by atoms with E-state index in [2.05, 4.69) is 47.2 Å². The van der Waals surface area contributed by atoms with Crippen LogP contribution >= 0.6 is 15.9 Å². The molecular weight excluding hydrogens is 330 g/mol. The molecule has 112 valence electrons. The molecule has 0 atom stereocenters. The van der Waals surface area contributed by atoms with Gasteiger partial charge in [0.05, 0.1) is 6.61 Å². The number of hydrogen-bond acceptors (Lipinski definition) is 3. The molecule has 3 nitrogen and oxygen atoms in total. The van der Waals surface area contributed by atoms with E-state index >= 15 is 0 Å². The lowest BCUT2D eigenvalue weighted by molar-refractivity contribution is 0.317. The molecule has 0 aliphatic carbocycles. The largest absolute Gasteiger partial charge is 0.504 e. The number of hydrogen-bond donors (Lipinski definition) is 2. The third kappa shape index (κ3) is 3.70. The van der Waals surface area contributed by atoms with E-state index in [1.165, 1.54) is 11.1 Å². The van der Waals surface area contributed by atoms with Crippen LogP contribution in [0.15, 0.2) is 34.8 Å². The van der Waals surface area contributed by atoms with Crippen molar-refractivity contribution in [3.05, 3.63) is 51.5 Å². The smallest absolute Gasteiger partial charge is 0.162 e. The van der Waals surface area contributed by atoms with Crippen LogP contribution in [-0.2, 0) is 6.54 Å². The van der Waals surface area contributed by atoms with Crippen LogP contribution in [0.3, 0.4) is 0 Å². The van der Waals surface area contributed by atoms with E-state index in [4.69, 9.17) is 4.74 Å². The molecule has 21 heavy (non-hydrogen) atoms. The van der Waals surface area contributed by atoms with Crippen molar-refractivity contribution in [2.45, 2.75) is 27.3 Å². The Kier molecular flexibility index (Phi) is 5.12. The van der Waals surface area contributed by atoms with Crippen LogP contribution in [0, 0.1) is 13.8 Å². The second kappa shape index (κ2) is 6.85. The lowest BCUT2D eigenvalue weighted by Crippen LogP contribution is -2.04. The van der Waals surface area contributed by atoms with E-state index in [1.807, 2.05) is 19.1 Å². The van der Waals surface area contributed by atoms with E-state index in [0.717, 1.165) is 15.7 Å². The molecule has 4 heteroatoms. The lowest BCUT2D eigenvalue weighted by Gasteiger charge is -2.15. The number of rotatable bonds is 5. The Bertz CT molecular complexity index is 618. The number of halogens is 1. The summed E-state index contributed by atoms with van der Waals surface area (Å²) in [6.45, 7) is 7.12. The van der Waals surface area contributed by atoms with Crippen LogP contribution in [-0.4, -0.2) is 11.7 Å². The maximum Gasteiger partial charge on any atom is 0.162 e. The molecule has 2 aromatic carbocycles. The first-order valence-electron chi connectivity index (χ1n) is 6.97. The van der Waals surface area contributed by atoms with Gasteiger partial charge in [0.25, 0.3) is 0 Å². The highest BCUT2D eigenvalue weighted by atomic mass is 79.9. The Balaban J connectivity index is 2.19. The zero-order valence-electron chi connectivity index (χ0n) is 12.5. The van der Waals surface area contributed by atoms with Gasteiger partial charge < -0.3 is 15.2 Å². The van der Waals surface area contributed by atoms with Crippen molar-refractivity contribution in [1.82, 2.24) is 0 Å². The lowest BCUT2D eigenvalue weighted by atomic mass is 10.1. The number of phenolic OH excluding ortho intramolecular Hbond substituents is 1. The van der Waals surface area contributed by atoms with Crippen LogP contribution in [0.4, 0.5) is 5.69 Å². The summed E-state index contributed by atoms with van der Waals surface area (Å²) >= 11 is 3.50. The average Bonchev–Trinajstić information content (AvgIpc) is 2.41. The molecule has 0 saturated heterocycles. The molecule has 2 rings (SSSR count). The number of aryl methyl sites for hydroxylation is 2. The Morgan fingerprint density at radius 1 is 1.19 bits per heavy atom. The van der Waals surface area contributed by atoms with Crippen LogP contribution in [0.5, 0.6) is 11.5 Å². The van der Waals surface area contributed by atoms with Gasteiger partial charge in [-0.25, -0.2) is 0 Å². The quantitative estimate of drug-likeness (QED) is 0.815. The van der Waals surface area contributed by atoms with Crippen molar-refractivity contribution in [3.8, 4) is 11.5 Å². The van der Waals surface area contributed by atoms with Gasteiger partial charge in [0.2, 0.25) is 0 Å². The van der Waals surface area contributed by atoms with Crippen molar-refractivity contribution in [1.29, 1.82) is 0 Å². The summed E-state index contributed by atoms with van der Waals surface area (Å²) in [5.41, 5.74) is 4.26. The molecule has 0 saturated carbocycles. The summed E-state index contributed by atoms with van der Waals surface area (Å²) in [6, 6.07) is 9.72. The van der Waals surface area contributed by atoms with Crippen molar-refractivity contribution in [2.75, 3.05) is 11.9 Å². The minimum absolute atomic E-state index is 0.208. The summed E-state index contributed by atoms with van der Waals surface area (Å²) in [5.74, 6) is 0.736. The summed E-state index contributed by atoms with van der Waals surface area (Å²) in [4.78, 5) is 0. The maximum absolute atomic E-state index is 10.2. The molecule has 0 radical (unpaired) electrons. The standard InChI is InChI=1S/C17H20BrNO2/c1-4-21-15-7-5-6-13(17(15)20)10-19-16-11(2)8-14(18)9-12(16)3/h5-9,19-20H,4,10H2,1-3H3. The monoisotopic (exact) mass is 349 g/mol. The predicted octanol–water partition coefficient (Wildman–Crippen LogP) is 4.78. The number of nitrogens with one attached hydrogen (secondary N) is 1. The Morgan fingerprint density at radius 3 is 2.48 bits per heavy atom. The highest BCUT2D eigenvalue weighted by molar-refractivity contribution is 9.10. The van der Waals surface area contributed by atoms with E-state index in [1.54, 1.807) is 6.07 Å². The Morgan fingerprint density at radius 2 is 1.86 bits per heavy atom. The average molecular weight is 350 g/mol. The van der Waals surface area contributed by atoms with Crippen molar-refractivity contribution in [2.24, 2.45) is 0 Å². The summed E-state index contributed by atoms with van der Waals surface area (Å²) < 4.78 is 6.48. The SMILES string of the molecule is CCOc1cccc(CNc2c(C)cc(Br)cc2C)c1O. The van der Waals surface area contributed by atoms with Gasteiger partial charge in [-0.15, -0.1) is 0 Å². The van der Waals surface area contributed by atoms with Gasteiger partial charge >= 0.3 is 0 Å². The molecule has 0 fully saturated rings. The molecule has 0 spiro atoms. The molecule has 2 N–H and O–H groups in total. The molecule has 0 aromatic heterocycles. The number of benzene rings is 2. The summed E-state index contributed by atoms with van der Waals surface area (Å²) in [6.07, 6.45) is 0. The second-order valence-electron chi connectivity index (χ2n) is 4.97. The predicted molar refractivity (Wildman–Crippen MR) is 90.2 cm³/mol. The van der Waals surface area contributed by atoms with E-state index in [0.29, 0.717) is 18.9 Å². The molecule has 0 heterocycles. The van der Waals surface area contributed by atoms with Gasteiger partial charge in [-0.3, -0.25) is 0 Å². The molecule has 0 unspecified atom stereocenters. The molecule has 2 aromatic rings. The molecule has 0 aliphatic heterocycles. The molecule has 0 bridgehead atoms. The number of phenols is 1. The third-order valence-corrected chi connectivity index (χ3v) is 3.79. The van der Waals surface area contributed by atoms with E-state index in [9.17, 15) is 5.11 Å². The number of para-hydroxylation sites is 1. The highest BCUT2D eigenvalue weighted by Crippen LogP contribution is 2.31. The Labute approximate surface area is 134 Å². The van der Waals surface area contributed by atoms with Gasteiger partial charge in [-0.2, -0.15) is 0 Å². The van der Waals surface area contributed by atoms with Crippen LogP contribution in [0.25, 0.3) is 0 Å². The zero-order chi connectivity index (χ0) is 15.4. The van der Waals surface area contributed by atoms with Gasteiger partial charge in [0, 0.05) is 22.3 Å². The van der Waals surface area contributed by atoms with Crippen molar-refractivity contribution >= 4 is 21.6 Å². The number of anilines is 1. The maximum atomic E-state index is 10.2. The fraction of sp³-hybridized carbons (Fsp3) is 0.294. The van der Waals surface area contributed by atoms with Gasteiger partial charge in [0.15, 0.2) is 11.5 Å². The Hall–Kier alpha value is -1.68. The van der Waals surface area contributed by atoms with Crippen LogP contribution in [0.2, 0.25) is 0 Å². The van der Waals surface area contributed by atoms with E-state index in [-0.39, 0.29) is 5.75 Å². The minimum Gasteiger partial charge on any atom is -0.504 e. The van der Waals surface area contributed by atoms with Gasteiger partial charge in [-0.1, -0.05) is 28.1 Å². The van der Waals surface area contributed by atoms with Crippen LogP contribution < -0.4 is 10.1 Å². The van der Waals surface area contributed by atoms with Crippen molar-refractivity contribution < 1.29 is 9.84 Å². The molecular formula is C17H20BrNO2. The fourth-order valence-electron chi connectivity index (χ4n) is 2.36. The number of ether oxygens (including phenoxy) is 1. The molecule has 0 aliphatic rings. The van der Waals surface area contributed by atoms with Gasteiger partial charge in [0.1, 0.15) is 0 Å². The van der Waals surface area contributed by atoms with Crippen molar-refractivity contribution in [3.63, 3.8) is 0 Å². The third-order valence-electron chi connectivity index (χ3n) is 3.34. The topological polar surface area (TPSA) is 41.5 Å². The minimum atomic E-state index is 0.208. The first kappa shape index (κ1) is 15.7. The fourth-order valence-corrected chi connectivity index (χ4v) is 3.04. The van der Waals surface area contributed by atoms with E-state index < -0.39 is 0 Å². The summed E-state index contributed by atoms with van der Waals surface area (Å²) in [5, 5.41) is 13.6. The van der Waals surface area contributed by atoms with Crippen LogP contribution in [0.1, 0.15) is 23.6 Å². The molecule has 0 amide bonds. The number of aromatic hydroxyl groups is 1. The zero-order valence-corrected chi connectivity index (χ0v) is 14.1. The first-order valence-corrected chi connectivity index (χ1v) is 7.76. The highest BCUT2D eigenvalue weighted by Gasteiger charge is 2.09. The van der Waals surface area contributed by atoms with Gasteiger partial charge in [-0.05, 0) is 50.1 Å². The first-order chi connectivity index (χ1) is 10.0. The summed E-state index contributed by atoms with van der Waals surface area (Å²) in [7, 11) is 0. The normalized spacial score (nSPS) is 10.5. The second-order valence-corrected chi connectivity index (χ2v) is 5.88.